The molecule has 2 rings (SSSR count). The van der Waals surface area contributed by atoms with Crippen molar-refractivity contribution in [3.05, 3.63) is 24.3 Å². The maximum Gasteiger partial charge on any atom is 0.306 e. The Kier molecular flexibility index (Phi) is 4.27. The van der Waals surface area contributed by atoms with Crippen LogP contribution < -0.4 is 9.64 Å². The van der Waals surface area contributed by atoms with Crippen LogP contribution >= 0.6 is 0 Å². The number of hydrogen-bond acceptors (Lipinski definition) is 3. The summed E-state index contributed by atoms with van der Waals surface area (Å²) in [7, 11) is 3.29. The van der Waals surface area contributed by atoms with Crippen molar-refractivity contribution in [2.24, 2.45) is 11.8 Å². The van der Waals surface area contributed by atoms with Crippen molar-refractivity contribution in [2.75, 3.05) is 19.1 Å². The molecular weight excluding hydrogens is 258 g/mol. The summed E-state index contributed by atoms with van der Waals surface area (Å²) in [5, 5.41) is 9.00. The molecule has 0 aliphatic heterocycles. The SMILES string of the molecule is COc1cccc(N(C)C(=O)C2CCC(C(=O)O)C2)c1. The van der Waals surface area contributed by atoms with Crippen LogP contribution in [0.4, 0.5) is 5.69 Å². The highest BCUT2D eigenvalue weighted by Gasteiger charge is 2.35. The smallest absolute Gasteiger partial charge is 0.306 e. The molecule has 108 valence electrons. The molecule has 0 heterocycles. The fourth-order valence-electron chi connectivity index (χ4n) is 2.65. The molecule has 20 heavy (non-hydrogen) atoms. The van der Waals surface area contributed by atoms with E-state index in [0.717, 1.165) is 5.69 Å². The lowest BCUT2D eigenvalue weighted by Gasteiger charge is -2.21. The zero-order chi connectivity index (χ0) is 14.7. The van der Waals surface area contributed by atoms with Gasteiger partial charge in [-0.25, -0.2) is 0 Å². The fourth-order valence-corrected chi connectivity index (χ4v) is 2.65. The first-order valence-electron chi connectivity index (χ1n) is 6.67. The van der Waals surface area contributed by atoms with Crippen molar-refractivity contribution in [2.45, 2.75) is 19.3 Å². The number of anilines is 1. The summed E-state index contributed by atoms with van der Waals surface area (Å²) in [5.74, 6) is -0.724. The van der Waals surface area contributed by atoms with Crippen molar-refractivity contribution in [1.82, 2.24) is 0 Å². The van der Waals surface area contributed by atoms with Crippen LogP contribution in [0.15, 0.2) is 24.3 Å². The molecule has 5 heteroatoms. The average Bonchev–Trinajstić information content (AvgIpc) is 2.95. The Morgan fingerprint density at radius 3 is 2.60 bits per heavy atom. The Hall–Kier alpha value is -2.04. The highest BCUT2D eigenvalue weighted by molar-refractivity contribution is 5.95. The van der Waals surface area contributed by atoms with Gasteiger partial charge in [-0.15, -0.1) is 0 Å². The van der Waals surface area contributed by atoms with Gasteiger partial charge in [0, 0.05) is 24.7 Å². The molecule has 1 aromatic rings. The molecule has 0 spiro atoms. The van der Waals surface area contributed by atoms with Crippen molar-refractivity contribution in [1.29, 1.82) is 0 Å². The van der Waals surface area contributed by atoms with Crippen LogP contribution in [-0.4, -0.2) is 31.1 Å². The number of carbonyl (C=O) groups excluding carboxylic acids is 1. The first-order chi connectivity index (χ1) is 9.52. The predicted octanol–water partition coefficient (Wildman–Crippen LogP) is 2.16. The maximum absolute atomic E-state index is 12.4. The first kappa shape index (κ1) is 14.4. The number of carboxylic acid groups (broad SMARTS) is 1. The molecule has 0 radical (unpaired) electrons. The first-order valence-corrected chi connectivity index (χ1v) is 6.67. The van der Waals surface area contributed by atoms with Gasteiger partial charge in [0.15, 0.2) is 0 Å². The van der Waals surface area contributed by atoms with Gasteiger partial charge in [-0.3, -0.25) is 9.59 Å². The summed E-state index contributed by atoms with van der Waals surface area (Å²) in [6.45, 7) is 0. The Morgan fingerprint density at radius 2 is 2.00 bits per heavy atom. The Bertz CT molecular complexity index is 514. The Balaban J connectivity index is 2.07. The molecule has 1 aliphatic carbocycles. The van der Waals surface area contributed by atoms with E-state index >= 15 is 0 Å². The van der Waals surface area contributed by atoms with E-state index in [1.165, 1.54) is 0 Å². The molecule has 1 aliphatic rings. The standard InChI is InChI=1S/C15H19NO4/c1-16(12-4-3-5-13(9-12)20-2)14(17)10-6-7-11(8-10)15(18)19/h3-5,9-11H,6-8H2,1-2H3,(H,18,19). The quantitative estimate of drug-likeness (QED) is 0.915. The van der Waals surface area contributed by atoms with E-state index in [2.05, 4.69) is 0 Å². The predicted molar refractivity (Wildman–Crippen MR) is 74.9 cm³/mol. The number of carboxylic acids is 1. The average molecular weight is 277 g/mol. The third-order valence-corrected chi connectivity index (χ3v) is 3.90. The van der Waals surface area contributed by atoms with Crippen LogP contribution in [0.25, 0.3) is 0 Å². The molecule has 5 nitrogen and oxygen atoms in total. The molecule has 1 amide bonds. The van der Waals surface area contributed by atoms with Crippen LogP contribution in [0, 0.1) is 11.8 Å². The Morgan fingerprint density at radius 1 is 1.30 bits per heavy atom. The summed E-state index contributed by atoms with van der Waals surface area (Å²) >= 11 is 0. The second-order valence-corrected chi connectivity index (χ2v) is 5.14. The zero-order valence-electron chi connectivity index (χ0n) is 11.7. The highest BCUT2D eigenvalue weighted by Crippen LogP contribution is 2.33. The summed E-state index contributed by atoms with van der Waals surface area (Å²) < 4.78 is 5.14. The largest absolute Gasteiger partial charge is 0.497 e. The molecular formula is C15H19NO4. The minimum atomic E-state index is -0.802. The van der Waals surface area contributed by atoms with E-state index < -0.39 is 5.97 Å². The number of carbonyl (C=O) groups is 2. The second kappa shape index (κ2) is 5.94. The van der Waals surface area contributed by atoms with E-state index in [9.17, 15) is 9.59 Å². The Labute approximate surface area is 118 Å². The number of ether oxygens (including phenoxy) is 1. The van der Waals surface area contributed by atoms with Crippen LogP contribution in [0.5, 0.6) is 5.75 Å². The van der Waals surface area contributed by atoms with Crippen molar-refractivity contribution < 1.29 is 19.4 Å². The van der Waals surface area contributed by atoms with E-state index in [0.29, 0.717) is 25.0 Å². The van der Waals surface area contributed by atoms with Gasteiger partial charge in [-0.2, -0.15) is 0 Å². The van der Waals surface area contributed by atoms with Crippen molar-refractivity contribution in [3.8, 4) is 5.75 Å². The van der Waals surface area contributed by atoms with Crippen molar-refractivity contribution in [3.63, 3.8) is 0 Å². The van der Waals surface area contributed by atoms with Gasteiger partial charge < -0.3 is 14.7 Å². The van der Waals surface area contributed by atoms with Gasteiger partial charge in [0.2, 0.25) is 5.91 Å². The summed E-state index contributed by atoms with van der Waals surface area (Å²) in [5.41, 5.74) is 0.758. The number of nitrogens with zero attached hydrogens (tertiary/aromatic N) is 1. The number of hydrogen-bond donors (Lipinski definition) is 1. The van der Waals surface area contributed by atoms with Crippen molar-refractivity contribution >= 4 is 17.6 Å². The molecule has 1 fully saturated rings. The van der Waals surface area contributed by atoms with Gasteiger partial charge in [-0.1, -0.05) is 6.07 Å². The normalized spacial score (nSPS) is 21.5. The molecule has 2 atom stereocenters. The minimum Gasteiger partial charge on any atom is -0.497 e. The van der Waals surface area contributed by atoms with Gasteiger partial charge in [-0.05, 0) is 31.4 Å². The number of benzene rings is 1. The van der Waals surface area contributed by atoms with Gasteiger partial charge in [0.1, 0.15) is 5.75 Å². The van der Waals surface area contributed by atoms with Crippen LogP contribution in [0.3, 0.4) is 0 Å². The third kappa shape index (κ3) is 2.92. The molecule has 0 saturated heterocycles. The molecule has 0 bridgehead atoms. The summed E-state index contributed by atoms with van der Waals surface area (Å²) in [6, 6.07) is 7.27. The lowest BCUT2D eigenvalue weighted by molar-refractivity contribution is -0.141. The molecule has 1 N–H and O–H groups in total. The second-order valence-electron chi connectivity index (χ2n) is 5.14. The molecule has 2 unspecified atom stereocenters. The molecule has 1 aromatic carbocycles. The monoisotopic (exact) mass is 277 g/mol. The van der Waals surface area contributed by atoms with E-state index in [-0.39, 0.29) is 17.7 Å². The van der Waals surface area contributed by atoms with Crippen LogP contribution in [0.2, 0.25) is 0 Å². The minimum absolute atomic E-state index is 0.0259. The zero-order valence-corrected chi connectivity index (χ0v) is 11.7. The number of aliphatic carboxylic acids is 1. The van der Waals surface area contributed by atoms with Crippen LogP contribution in [-0.2, 0) is 9.59 Å². The van der Waals surface area contributed by atoms with Gasteiger partial charge in [0.25, 0.3) is 0 Å². The fraction of sp³-hybridized carbons (Fsp3) is 0.467. The summed E-state index contributed by atoms with van der Waals surface area (Å²) in [6.07, 6.45) is 1.66. The van der Waals surface area contributed by atoms with E-state index in [1.54, 1.807) is 25.1 Å². The van der Waals surface area contributed by atoms with E-state index in [4.69, 9.17) is 9.84 Å². The van der Waals surface area contributed by atoms with Gasteiger partial charge in [0.05, 0.1) is 13.0 Å². The lowest BCUT2D eigenvalue weighted by atomic mass is 10.0. The molecule has 1 saturated carbocycles. The number of methoxy groups -OCH3 is 1. The maximum atomic E-state index is 12.4. The topological polar surface area (TPSA) is 66.8 Å². The number of rotatable bonds is 4. The van der Waals surface area contributed by atoms with Crippen LogP contribution in [0.1, 0.15) is 19.3 Å². The number of amides is 1. The van der Waals surface area contributed by atoms with E-state index in [1.807, 2.05) is 18.2 Å². The third-order valence-electron chi connectivity index (χ3n) is 3.90. The highest BCUT2D eigenvalue weighted by atomic mass is 16.5. The van der Waals surface area contributed by atoms with Gasteiger partial charge >= 0.3 is 5.97 Å². The lowest BCUT2D eigenvalue weighted by Crippen LogP contribution is -2.32. The molecule has 0 aromatic heterocycles. The summed E-state index contributed by atoms with van der Waals surface area (Å²) in [4.78, 5) is 24.9.